The first-order chi connectivity index (χ1) is 5.79. The number of carboxylic acids is 1. The Labute approximate surface area is 71.2 Å². The number of rotatable bonds is 3. The maximum atomic E-state index is 10.1. The Morgan fingerprint density at radius 2 is 2.00 bits per heavy atom. The summed E-state index contributed by atoms with van der Waals surface area (Å²) in [6, 6.07) is 9.54. The minimum absolute atomic E-state index is 0.929. The van der Waals surface area contributed by atoms with E-state index in [1.54, 1.807) is 6.08 Å². The minimum Gasteiger partial charge on any atom is -0.463 e. The third kappa shape index (κ3) is 2.92. The first-order valence-corrected chi connectivity index (χ1v) is 3.58. The van der Waals surface area contributed by atoms with Crippen LogP contribution in [0.25, 0.3) is 6.08 Å². The van der Waals surface area contributed by atoms with Gasteiger partial charge in [-0.15, -0.1) is 0 Å². The fourth-order valence-corrected chi connectivity index (χ4v) is 0.806. The van der Waals surface area contributed by atoms with Crippen LogP contribution in [-0.4, -0.2) is 11.1 Å². The van der Waals surface area contributed by atoms with Gasteiger partial charge in [0.2, 0.25) is 0 Å². The van der Waals surface area contributed by atoms with Crippen molar-refractivity contribution >= 4 is 12.0 Å². The van der Waals surface area contributed by atoms with E-state index in [2.05, 4.69) is 0 Å². The summed E-state index contributed by atoms with van der Waals surface area (Å²) in [6.07, 6.45) is 4.36. The molecule has 1 aromatic rings. The quantitative estimate of drug-likeness (QED) is 0.688. The molecule has 12 heavy (non-hydrogen) atoms. The Balaban J connectivity index is 2.52. The molecule has 0 aliphatic rings. The van der Waals surface area contributed by atoms with E-state index in [9.17, 15) is 4.79 Å². The molecule has 2 heteroatoms. The van der Waals surface area contributed by atoms with Gasteiger partial charge in [-0.2, -0.15) is 0 Å². The van der Waals surface area contributed by atoms with Crippen LogP contribution >= 0.6 is 0 Å². The molecule has 0 fully saturated rings. The standard InChI is InChI=1S/C10H8O2/c11-10(12)8-4-7-9-5-2-1-3-6-9/h1-8H/p+1/b7-4+. The summed E-state index contributed by atoms with van der Waals surface area (Å²) in [5.74, 6) is -0.929. The maximum absolute atomic E-state index is 10.1. The summed E-state index contributed by atoms with van der Waals surface area (Å²) in [5, 5.41) is 8.28. The Kier molecular flexibility index (Phi) is 2.96. The van der Waals surface area contributed by atoms with Crippen molar-refractivity contribution < 1.29 is 9.90 Å². The van der Waals surface area contributed by atoms with E-state index in [0.29, 0.717) is 0 Å². The predicted octanol–water partition coefficient (Wildman–Crippen LogP) is 1.99. The fourth-order valence-electron chi connectivity index (χ4n) is 0.806. The van der Waals surface area contributed by atoms with Gasteiger partial charge in [0.1, 0.15) is 6.08 Å². The van der Waals surface area contributed by atoms with Crippen LogP contribution in [0.3, 0.4) is 0 Å². The Morgan fingerprint density at radius 1 is 1.33 bits per heavy atom. The minimum atomic E-state index is -0.929. The van der Waals surface area contributed by atoms with Gasteiger partial charge in [-0.3, -0.25) is 0 Å². The molecule has 0 aliphatic heterocycles. The third-order valence-corrected chi connectivity index (χ3v) is 1.33. The normalized spacial score (nSPS) is 10.0. The van der Waals surface area contributed by atoms with Gasteiger partial charge >= 0.3 is 5.97 Å². The van der Waals surface area contributed by atoms with Crippen molar-refractivity contribution in [1.29, 1.82) is 0 Å². The van der Waals surface area contributed by atoms with Gasteiger partial charge < -0.3 is 5.11 Å². The molecule has 0 radical (unpaired) electrons. The molecule has 2 nitrogen and oxygen atoms in total. The topological polar surface area (TPSA) is 37.3 Å². The second-order valence-corrected chi connectivity index (χ2v) is 2.27. The molecule has 0 saturated heterocycles. The Bertz CT molecular complexity index is 275. The van der Waals surface area contributed by atoms with Crippen LogP contribution in [-0.2, 0) is 4.79 Å². The fraction of sp³-hybridized carbons (Fsp3) is 0. The van der Waals surface area contributed by atoms with Crippen molar-refractivity contribution in [3.8, 4) is 0 Å². The molecule has 0 aromatic heterocycles. The average Bonchev–Trinajstić information content (AvgIpc) is 2.05. The molecular formula is C10H9O2+. The molecule has 0 unspecified atom stereocenters. The molecule has 0 atom stereocenters. The van der Waals surface area contributed by atoms with Crippen LogP contribution in [0.15, 0.2) is 36.4 Å². The maximum Gasteiger partial charge on any atom is 0.413 e. The van der Waals surface area contributed by atoms with Gasteiger partial charge in [-0.25, -0.2) is 4.79 Å². The van der Waals surface area contributed by atoms with Gasteiger partial charge in [0.25, 0.3) is 0 Å². The number of carbonyl (C=O) groups is 1. The van der Waals surface area contributed by atoms with Crippen molar-refractivity contribution in [2.45, 2.75) is 0 Å². The monoisotopic (exact) mass is 161 g/mol. The highest BCUT2D eigenvalue weighted by atomic mass is 16.4. The third-order valence-electron chi connectivity index (χ3n) is 1.33. The molecular weight excluding hydrogens is 152 g/mol. The van der Waals surface area contributed by atoms with Crippen LogP contribution in [0.2, 0.25) is 0 Å². The first kappa shape index (κ1) is 8.40. The number of hydrogen-bond donors (Lipinski definition) is 1. The summed E-state index contributed by atoms with van der Waals surface area (Å²) in [4.78, 5) is 10.1. The van der Waals surface area contributed by atoms with Crippen LogP contribution in [0.4, 0.5) is 0 Å². The summed E-state index contributed by atoms with van der Waals surface area (Å²) in [7, 11) is 0. The summed E-state index contributed by atoms with van der Waals surface area (Å²) in [5.41, 5.74) is 0.995. The SMILES string of the molecule is O=C(O)[CH+]/C=C/c1ccccc1. The van der Waals surface area contributed by atoms with E-state index >= 15 is 0 Å². The Morgan fingerprint density at radius 3 is 2.58 bits per heavy atom. The lowest BCUT2D eigenvalue weighted by Crippen LogP contribution is -1.90. The molecule has 0 spiro atoms. The lowest BCUT2D eigenvalue weighted by Gasteiger charge is -1.82. The smallest absolute Gasteiger partial charge is 0.413 e. The molecule has 1 aromatic carbocycles. The zero-order chi connectivity index (χ0) is 8.81. The van der Waals surface area contributed by atoms with Gasteiger partial charge in [-0.1, -0.05) is 18.2 Å². The molecule has 0 amide bonds. The zero-order valence-electron chi connectivity index (χ0n) is 6.47. The first-order valence-electron chi connectivity index (χ1n) is 3.58. The van der Waals surface area contributed by atoms with Crippen molar-refractivity contribution in [3.05, 3.63) is 48.4 Å². The van der Waals surface area contributed by atoms with E-state index in [4.69, 9.17) is 5.11 Å². The number of carboxylic acid groups (broad SMARTS) is 1. The largest absolute Gasteiger partial charge is 0.463 e. The molecule has 0 bridgehead atoms. The molecule has 0 saturated carbocycles. The highest BCUT2D eigenvalue weighted by Gasteiger charge is 1.98. The van der Waals surface area contributed by atoms with Crippen LogP contribution in [0, 0.1) is 6.42 Å². The molecule has 0 aliphatic carbocycles. The second kappa shape index (κ2) is 4.23. The summed E-state index contributed by atoms with van der Waals surface area (Å²) in [6.45, 7) is 0. The van der Waals surface area contributed by atoms with Crippen LogP contribution in [0.1, 0.15) is 5.56 Å². The van der Waals surface area contributed by atoms with Crippen LogP contribution < -0.4 is 0 Å². The number of benzene rings is 1. The molecule has 60 valence electrons. The van der Waals surface area contributed by atoms with Crippen molar-refractivity contribution in [2.24, 2.45) is 0 Å². The summed E-state index contributed by atoms with van der Waals surface area (Å²) >= 11 is 0. The van der Waals surface area contributed by atoms with Crippen molar-refractivity contribution in [1.82, 2.24) is 0 Å². The van der Waals surface area contributed by atoms with E-state index in [1.807, 2.05) is 30.3 Å². The molecule has 1 rings (SSSR count). The molecule has 0 heterocycles. The van der Waals surface area contributed by atoms with E-state index in [-0.39, 0.29) is 0 Å². The molecule has 1 N–H and O–H groups in total. The van der Waals surface area contributed by atoms with Crippen molar-refractivity contribution in [2.75, 3.05) is 0 Å². The summed E-state index contributed by atoms with van der Waals surface area (Å²) < 4.78 is 0. The highest BCUT2D eigenvalue weighted by molar-refractivity contribution is 5.80. The van der Waals surface area contributed by atoms with Crippen molar-refractivity contribution in [3.63, 3.8) is 0 Å². The lowest BCUT2D eigenvalue weighted by atomic mass is 10.2. The lowest BCUT2D eigenvalue weighted by molar-refractivity contribution is -0.132. The van der Waals surface area contributed by atoms with Gasteiger partial charge in [-0.05, 0) is 12.1 Å². The van der Waals surface area contributed by atoms with Crippen LogP contribution in [0.5, 0.6) is 0 Å². The average molecular weight is 161 g/mol. The predicted molar refractivity (Wildman–Crippen MR) is 47.4 cm³/mol. The Hall–Kier alpha value is -1.70. The van der Waals surface area contributed by atoms with E-state index in [1.165, 1.54) is 6.08 Å². The van der Waals surface area contributed by atoms with E-state index in [0.717, 1.165) is 12.0 Å². The van der Waals surface area contributed by atoms with Gasteiger partial charge in [0.05, 0.1) is 11.6 Å². The number of hydrogen-bond acceptors (Lipinski definition) is 1. The van der Waals surface area contributed by atoms with Gasteiger partial charge in [0, 0.05) is 0 Å². The number of aliphatic carboxylic acids is 1. The van der Waals surface area contributed by atoms with Gasteiger partial charge in [0.15, 0.2) is 6.42 Å². The highest BCUT2D eigenvalue weighted by Crippen LogP contribution is 2.00. The zero-order valence-corrected chi connectivity index (χ0v) is 6.47. The second-order valence-electron chi connectivity index (χ2n) is 2.27. The van der Waals surface area contributed by atoms with E-state index < -0.39 is 5.97 Å².